The lowest BCUT2D eigenvalue weighted by Gasteiger charge is -2.10. The third-order valence-electron chi connectivity index (χ3n) is 1.84. The van der Waals surface area contributed by atoms with Gasteiger partial charge in [0.25, 0.3) is 0 Å². The summed E-state index contributed by atoms with van der Waals surface area (Å²) in [7, 11) is 0. The molecule has 0 bridgehead atoms. The summed E-state index contributed by atoms with van der Waals surface area (Å²) in [5.41, 5.74) is 0.471. The summed E-state index contributed by atoms with van der Waals surface area (Å²) in [5, 5.41) is 28.9. The zero-order valence-corrected chi connectivity index (χ0v) is 7.94. The minimum Gasteiger partial charge on any atom is -0.394 e. The third-order valence-corrected chi connectivity index (χ3v) is 1.84. The Kier molecular flexibility index (Phi) is 4.03. The van der Waals surface area contributed by atoms with Crippen LogP contribution in [0.25, 0.3) is 0 Å². The van der Waals surface area contributed by atoms with E-state index in [9.17, 15) is 4.39 Å². The van der Waals surface area contributed by atoms with Crippen LogP contribution in [0.3, 0.4) is 0 Å². The molecule has 0 spiro atoms. The molecule has 1 aromatic carbocycles. The maximum atomic E-state index is 12.9. The van der Waals surface area contributed by atoms with E-state index in [-0.39, 0.29) is 18.7 Å². The van der Waals surface area contributed by atoms with E-state index < -0.39 is 11.9 Å². The largest absolute Gasteiger partial charge is 0.394 e. The van der Waals surface area contributed by atoms with Crippen molar-refractivity contribution in [2.75, 3.05) is 18.5 Å². The third kappa shape index (κ3) is 3.20. The van der Waals surface area contributed by atoms with Gasteiger partial charge in [0, 0.05) is 12.2 Å². The molecule has 1 aromatic rings. The summed E-state index contributed by atoms with van der Waals surface area (Å²) in [6, 6.07) is 5.69. The van der Waals surface area contributed by atoms with Crippen LogP contribution in [0.15, 0.2) is 18.2 Å². The molecule has 0 saturated carbocycles. The maximum absolute atomic E-state index is 12.9. The zero-order valence-electron chi connectivity index (χ0n) is 7.94. The molecule has 3 N–H and O–H groups in total. The fraction of sp³-hybridized carbons (Fsp3) is 0.300. The highest BCUT2D eigenvalue weighted by molar-refractivity contribution is 5.49. The predicted molar refractivity (Wildman–Crippen MR) is 52.7 cm³/mol. The topological polar surface area (TPSA) is 76.3 Å². The zero-order chi connectivity index (χ0) is 11.3. The van der Waals surface area contributed by atoms with Crippen molar-refractivity contribution >= 4 is 5.69 Å². The molecule has 0 saturated heterocycles. The number of hydrogen-bond donors (Lipinski definition) is 3. The number of aliphatic hydroxyl groups is 2. The van der Waals surface area contributed by atoms with Crippen molar-refractivity contribution in [3.8, 4) is 6.07 Å². The summed E-state index contributed by atoms with van der Waals surface area (Å²) >= 11 is 0. The molecule has 0 radical (unpaired) electrons. The first-order valence-corrected chi connectivity index (χ1v) is 4.40. The van der Waals surface area contributed by atoms with Crippen molar-refractivity contribution in [3.05, 3.63) is 29.6 Å². The molecule has 4 nitrogen and oxygen atoms in total. The molecule has 5 heteroatoms. The summed E-state index contributed by atoms with van der Waals surface area (Å²) in [6.45, 7) is -0.202. The van der Waals surface area contributed by atoms with Gasteiger partial charge in [0.1, 0.15) is 11.9 Å². The van der Waals surface area contributed by atoms with Crippen LogP contribution in [0, 0.1) is 17.1 Å². The van der Waals surface area contributed by atoms with Crippen molar-refractivity contribution in [1.82, 2.24) is 0 Å². The van der Waals surface area contributed by atoms with Gasteiger partial charge in [-0.3, -0.25) is 0 Å². The lowest BCUT2D eigenvalue weighted by atomic mass is 10.2. The molecule has 0 aliphatic rings. The van der Waals surface area contributed by atoms with Gasteiger partial charge in [0.15, 0.2) is 0 Å². The number of halogens is 1. The van der Waals surface area contributed by atoms with Gasteiger partial charge in [0.2, 0.25) is 0 Å². The second kappa shape index (κ2) is 5.29. The van der Waals surface area contributed by atoms with Gasteiger partial charge in [-0.05, 0) is 18.2 Å². The van der Waals surface area contributed by atoms with E-state index in [0.29, 0.717) is 5.69 Å². The van der Waals surface area contributed by atoms with E-state index >= 15 is 0 Å². The highest BCUT2D eigenvalue weighted by Crippen LogP contribution is 2.13. The van der Waals surface area contributed by atoms with E-state index in [1.807, 2.05) is 0 Å². The standard InChI is InChI=1S/C10H11FN2O2/c11-10-2-1-8(3-7(10)4-12)13-5-9(15)6-14/h1-3,9,13-15H,5-6H2. The van der Waals surface area contributed by atoms with E-state index in [0.717, 1.165) is 0 Å². The first kappa shape index (κ1) is 11.4. The van der Waals surface area contributed by atoms with Gasteiger partial charge in [0.05, 0.1) is 18.3 Å². The Morgan fingerprint density at radius 1 is 1.53 bits per heavy atom. The van der Waals surface area contributed by atoms with Crippen LogP contribution in [0.2, 0.25) is 0 Å². The van der Waals surface area contributed by atoms with Gasteiger partial charge in [-0.1, -0.05) is 0 Å². The number of nitrogens with one attached hydrogen (secondary N) is 1. The first-order chi connectivity index (χ1) is 7.17. The van der Waals surface area contributed by atoms with Crippen LogP contribution in [0.1, 0.15) is 5.56 Å². The maximum Gasteiger partial charge on any atom is 0.141 e. The highest BCUT2D eigenvalue weighted by Gasteiger charge is 2.04. The van der Waals surface area contributed by atoms with Crippen LogP contribution < -0.4 is 5.32 Å². The average molecular weight is 210 g/mol. The molecule has 1 atom stereocenters. The molecule has 0 aliphatic heterocycles. The van der Waals surface area contributed by atoms with Crippen molar-refractivity contribution in [3.63, 3.8) is 0 Å². The smallest absolute Gasteiger partial charge is 0.141 e. The first-order valence-electron chi connectivity index (χ1n) is 4.40. The normalized spacial score (nSPS) is 11.9. The quantitative estimate of drug-likeness (QED) is 0.675. The Morgan fingerprint density at radius 2 is 2.27 bits per heavy atom. The molecular formula is C10H11FN2O2. The van der Waals surface area contributed by atoms with Gasteiger partial charge in [-0.15, -0.1) is 0 Å². The summed E-state index contributed by atoms with van der Waals surface area (Å²) < 4.78 is 12.9. The Hall–Kier alpha value is -1.64. The van der Waals surface area contributed by atoms with Crippen LogP contribution in [-0.2, 0) is 0 Å². The van der Waals surface area contributed by atoms with Crippen LogP contribution in [0.5, 0.6) is 0 Å². The molecule has 0 aromatic heterocycles. The number of benzene rings is 1. The van der Waals surface area contributed by atoms with Gasteiger partial charge < -0.3 is 15.5 Å². The van der Waals surface area contributed by atoms with E-state index in [1.165, 1.54) is 18.2 Å². The lowest BCUT2D eigenvalue weighted by molar-refractivity contribution is 0.105. The number of nitriles is 1. The van der Waals surface area contributed by atoms with Gasteiger partial charge in [-0.2, -0.15) is 5.26 Å². The van der Waals surface area contributed by atoms with Crippen LogP contribution in [0.4, 0.5) is 10.1 Å². The van der Waals surface area contributed by atoms with Crippen LogP contribution in [-0.4, -0.2) is 29.5 Å². The number of anilines is 1. The van der Waals surface area contributed by atoms with E-state index in [1.54, 1.807) is 6.07 Å². The summed E-state index contributed by atoms with van der Waals surface area (Å²) in [6.07, 6.45) is -0.874. The predicted octanol–water partition coefficient (Wildman–Crippen LogP) is 0.462. The molecule has 1 rings (SSSR count). The highest BCUT2D eigenvalue weighted by atomic mass is 19.1. The fourth-order valence-electron chi connectivity index (χ4n) is 1.02. The second-order valence-electron chi connectivity index (χ2n) is 3.02. The minimum absolute atomic E-state index is 0.0570. The van der Waals surface area contributed by atoms with Crippen molar-refractivity contribution in [2.24, 2.45) is 0 Å². The number of rotatable bonds is 4. The van der Waals surface area contributed by atoms with E-state index in [2.05, 4.69) is 5.32 Å². The summed E-state index contributed by atoms with van der Waals surface area (Å²) in [4.78, 5) is 0. The SMILES string of the molecule is N#Cc1cc(NCC(O)CO)ccc1F. The van der Waals surface area contributed by atoms with Gasteiger partial charge >= 0.3 is 0 Å². The number of nitrogens with zero attached hydrogens (tertiary/aromatic N) is 1. The minimum atomic E-state index is -0.874. The Morgan fingerprint density at radius 3 is 2.87 bits per heavy atom. The monoisotopic (exact) mass is 210 g/mol. The molecule has 0 heterocycles. The Balaban J connectivity index is 2.67. The van der Waals surface area contributed by atoms with Crippen molar-refractivity contribution in [1.29, 1.82) is 5.26 Å². The second-order valence-corrected chi connectivity index (χ2v) is 3.02. The molecular weight excluding hydrogens is 199 g/mol. The number of aliphatic hydroxyl groups excluding tert-OH is 2. The van der Waals surface area contributed by atoms with E-state index in [4.69, 9.17) is 15.5 Å². The lowest BCUT2D eigenvalue weighted by Crippen LogP contribution is -2.22. The van der Waals surface area contributed by atoms with Crippen molar-refractivity contribution < 1.29 is 14.6 Å². The number of hydrogen-bond acceptors (Lipinski definition) is 4. The summed E-state index contributed by atoms with van der Waals surface area (Å²) in [5.74, 6) is -0.578. The van der Waals surface area contributed by atoms with Gasteiger partial charge in [-0.25, -0.2) is 4.39 Å². The Labute approximate surface area is 86.6 Å². The molecule has 80 valence electrons. The van der Waals surface area contributed by atoms with Crippen LogP contribution >= 0.6 is 0 Å². The average Bonchev–Trinajstić information content (AvgIpc) is 2.27. The molecule has 0 aliphatic carbocycles. The molecule has 0 fully saturated rings. The molecule has 0 amide bonds. The molecule has 15 heavy (non-hydrogen) atoms. The van der Waals surface area contributed by atoms with Crippen molar-refractivity contribution in [2.45, 2.75) is 6.10 Å². The fourth-order valence-corrected chi connectivity index (χ4v) is 1.02. The molecule has 1 unspecified atom stereocenters. The Bertz CT molecular complexity index is 376.